The Morgan fingerprint density at radius 3 is 1.65 bits per heavy atom. The SMILES string of the molecule is Cc1ccc(Cc2ccc(B3OC(C)(C)C(C)(C)O3)cc2)cc1. The summed E-state index contributed by atoms with van der Waals surface area (Å²) >= 11 is 0. The van der Waals surface area contributed by atoms with Crippen LogP contribution in [0.2, 0.25) is 0 Å². The van der Waals surface area contributed by atoms with Crippen molar-refractivity contribution in [2.24, 2.45) is 0 Å². The first kappa shape index (κ1) is 16.3. The van der Waals surface area contributed by atoms with Crippen LogP contribution in [-0.2, 0) is 15.7 Å². The smallest absolute Gasteiger partial charge is 0.399 e. The Morgan fingerprint density at radius 1 is 0.739 bits per heavy atom. The summed E-state index contributed by atoms with van der Waals surface area (Å²) in [5.74, 6) is 0. The van der Waals surface area contributed by atoms with Gasteiger partial charge in [0.2, 0.25) is 0 Å². The molecule has 2 aromatic rings. The summed E-state index contributed by atoms with van der Waals surface area (Å²) in [5, 5.41) is 0. The maximum atomic E-state index is 6.10. The van der Waals surface area contributed by atoms with Crippen molar-refractivity contribution >= 4 is 12.6 Å². The van der Waals surface area contributed by atoms with Crippen LogP contribution in [0.4, 0.5) is 0 Å². The average molecular weight is 308 g/mol. The predicted molar refractivity (Wildman–Crippen MR) is 96.1 cm³/mol. The second-order valence-electron chi connectivity index (χ2n) is 7.49. The van der Waals surface area contributed by atoms with E-state index in [2.05, 4.69) is 83.1 Å². The normalized spacial score (nSPS) is 19.1. The first-order valence-corrected chi connectivity index (χ1v) is 8.27. The zero-order valence-corrected chi connectivity index (χ0v) is 14.7. The fraction of sp³-hybridized carbons (Fsp3) is 0.400. The molecular formula is C20H25BO2. The molecule has 120 valence electrons. The third-order valence-corrected chi connectivity index (χ3v) is 5.03. The minimum absolute atomic E-state index is 0.284. The lowest BCUT2D eigenvalue weighted by Crippen LogP contribution is -2.41. The van der Waals surface area contributed by atoms with Crippen LogP contribution < -0.4 is 5.46 Å². The van der Waals surface area contributed by atoms with Gasteiger partial charge in [0, 0.05) is 0 Å². The van der Waals surface area contributed by atoms with Crippen molar-refractivity contribution < 1.29 is 9.31 Å². The van der Waals surface area contributed by atoms with Crippen LogP contribution in [0.1, 0.15) is 44.4 Å². The van der Waals surface area contributed by atoms with Gasteiger partial charge in [0.15, 0.2) is 0 Å². The highest BCUT2D eigenvalue weighted by atomic mass is 16.7. The summed E-state index contributed by atoms with van der Waals surface area (Å²) in [7, 11) is -0.284. The van der Waals surface area contributed by atoms with Gasteiger partial charge in [-0.05, 0) is 57.6 Å². The van der Waals surface area contributed by atoms with Crippen LogP contribution in [0.25, 0.3) is 0 Å². The van der Waals surface area contributed by atoms with E-state index in [4.69, 9.17) is 9.31 Å². The summed E-state index contributed by atoms with van der Waals surface area (Å²) in [5.41, 5.74) is 4.42. The highest BCUT2D eigenvalue weighted by molar-refractivity contribution is 6.62. The zero-order chi connectivity index (χ0) is 16.7. The summed E-state index contributed by atoms with van der Waals surface area (Å²) < 4.78 is 12.2. The van der Waals surface area contributed by atoms with Gasteiger partial charge < -0.3 is 9.31 Å². The molecule has 0 radical (unpaired) electrons. The second-order valence-corrected chi connectivity index (χ2v) is 7.49. The maximum absolute atomic E-state index is 6.10. The number of rotatable bonds is 3. The van der Waals surface area contributed by atoms with Crippen molar-refractivity contribution in [3.05, 3.63) is 65.2 Å². The van der Waals surface area contributed by atoms with Crippen molar-refractivity contribution in [2.45, 2.75) is 52.2 Å². The van der Waals surface area contributed by atoms with Crippen LogP contribution in [0.15, 0.2) is 48.5 Å². The molecule has 1 heterocycles. The molecule has 23 heavy (non-hydrogen) atoms. The van der Waals surface area contributed by atoms with Gasteiger partial charge >= 0.3 is 7.12 Å². The molecule has 0 N–H and O–H groups in total. The van der Waals surface area contributed by atoms with Gasteiger partial charge in [0.25, 0.3) is 0 Å². The van der Waals surface area contributed by atoms with Gasteiger partial charge in [-0.3, -0.25) is 0 Å². The lowest BCUT2D eigenvalue weighted by Gasteiger charge is -2.32. The van der Waals surface area contributed by atoms with E-state index in [0.717, 1.165) is 11.9 Å². The van der Waals surface area contributed by atoms with Crippen molar-refractivity contribution in [1.82, 2.24) is 0 Å². The van der Waals surface area contributed by atoms with Crippen LogP contribution in [0, 0.1) is 6.92 Å². The Balaban J connectivity index is 1.72. The maximum Gasteiger partial charge on any atom is 0.494 e. The number of benzene rings is 2. The molecule has 0 amide bonds. The van der Waals surface area contributed by atoms with E-state index >= 15 is 0 Å². The highest BCUT2D eigenvalue weighted by Crippen LogP contribution is 2.36. The Hall–Kier alpha value is -1.58. The minimum Gasteiger partial charge on any atom is -0.399 e. The molecule has 1 fully saturated rings. The van der Waals surface area contributed by atoms with Gasteiger partial charge in [-0.25, -0.2) is 0 Å². The molecule has 0 unspecified atom stereocenters. The monoisotopic (exact) mass is 308 g/mol. The average Bonchev–Trinajstić information content (AvgIpc) is 2.71. The molecule has 0 aromatic heterocycles. The van der Waals surface area contributed by atoms with Gasteiger partial charge in [0.05, 0.1) is 11.2 Å². The van der Waals surface area contributed by atoms with E-state index < -0.39 is 0 Å². The van der Waals surface area contributed by atoms with Crippen molar-refractivity contribution in [1.29, 1.82) is 0 Å². The molecule has 2 aromatic carbocycles. The molecule has 0 bridgehead atoms. The predicted octanol–water partition coefficient (Wildman–Crippen LogP) is 3.89. The lowest BCUT2D eigenvalue weighted by molar-refractivity contribution is 0.00578. The van der Waals surface area contributed by atoms with Gasteiger partial charge in [-0.2, -0.15) is 0 Å². The topological polar surface area (TPSA) is 18.5 Å². The van der Waals surface area contributed by atoms with E-state index in [0.29, 0.717) is 0 Å². The van der Waals surface area contributed by atoms with Gasteiger partial charge in [-0.15, -0.1) is 0 Å². The van der Waals surface area contributed by atoms with Crippen LogP contribution in [0.5, 0.6) is 0 Å². The summed E-state index contributed by atoms with van der Waals surface area (Å²) in [6.45, 7) is 10.4. The number of aryl methyl sites for hydroxylation is 1. The number of hydrogen-bond acceptors (Lipinski definition) is 2. The van der Waals surface area contributed by atoms with E-state index in [1.165, 1.54) is 16.7 Å². The fourth-order valence-corrected chi connectivity index (χ4v) is 2.71. The standard InChI is InChI=1S/C20H25BO2/c1-15-6-8-16(9-7-15)14-17-10-12-18(13-11-17)21-22-19(2,3)20(4,5)23-21/h6-13H,14H2,1-5H3. The Kier molecular flexibility index (Phi) is 4.11. The van der Waals surface area contributed by atoms with E-state index in [9.17, 15) is 0 Å². The van der Waals surface area contributed by atoms with E-state index in [1.807, 2.05) is 0 Å². The first-order chi connectivity index (χ1) is 10.8. The molecule has 0 spiro atoms. The van der Waals surface area contributed by atoms with Crippen molar-refractivity contribution in [3.63, 3.8) is 0 Å². The molecule has 1 aliphatic rings. The second kappa shape index (κ2) is 5.81. The molecule has 3 heteroatoms. The fourth-order valence-electron chi connectivity index (χ4n) is 2.71. The Labute approximate surface area is 140 Å². The quantitative estimate of drug-likeness (QED) is 0.801. The van der Waals surface area contributed by atoms with Crippen LogP contribution in [0.3, 0.4) is 0 Å². The molecule has 1 aliphatic heterocycles. The molecular weight excluding hydrogens is 283 g/mol. The first-order valence-electron chi connectivity index (χ1n) is 8.27. The zero-order valence-electron chi connectivity index (χ0n) is 14.7. The summed E-state index contributed by atoms with van der Waals surface area (Å²) in [6, 6.07) is 17.3. The van der Waals surface area contributed by atoms with Crippen LogP contribution >= 0.6 is 0 Å². The largest absolute Gasteiger partial charge is 0.494 e. The molecule has 0 saturated carbocycles. The molecule has 3 rings (SSSR count). The van der Waals surface area contributed by atoms with E-state index in [1.54, 1.807) is 0 Å². The molecule has 2 nitrogen and oxygen atoms in total. The number of hydrogen-bond donors (Lipinski definition) is 0. The van der Waals surface area contributed by atoms with Crippen molar-refractivity contribution in [2.75, 3.05) is 0 Å². The summed E-state index contributed by atoms with van der Waals surface area (Å²) in [6.07, 6.45) is 0.948. The molecule has 0 aliphatic carbocycles. The molecule has 0 atom stereocenters. The molecule has 1 saturated heterocycles. The third kappa shape index (κ3) is 3.36. The summed E-state index contributed by atoms with van der Waals surface area (Å²) in [4.78, 5) is 0. The van der Waals surface area contributed by atoms with Gasteiger partial charge in [0.1, 0.15) is 0 Å². The lowest BCUT2D eigenvalue weighted by atomic mass is 9.78. The Morgan fingerprint density at radius 2 is 1.17 bits per heavy atom. The van der Waals surface area contributed by atoms with Gasteiger partial charge in [-0.1, -0.05) is 54.1 Å². The Bertz CT molecular complexity index is 656. The van der Waals surface area contributed by atoms with E-state index in [-0.39, 0.29) is 18.3 Å². The highest BCUT2D eigenvalue weighted by Gasteiger charge is 2.51. The van der Waals surface area contributed by atoms with Crippen molar-refractivity contribution in [3.8, 4) is 0 Å². The van der Waals surface area contributed by atoms with Crippen LogP contribution in [-0.4, -0.2) is 18.3 Å². The minimum atomic E-state index is -0.293. The third-order valence-electron chi connectivity index (χ3n) is 5.03.